The molecule has 0 saturated carbocycles. The molecule has 0 spiro atoms. The quantitative estimate of drug-likeness (QED) is 0.270. The number of ether oxygens (including phenoxy) is 1. The fraction of sp³-hybridized carbons (Fsp3) is 0.320. The van der Waals surface area contributed by atoms with Crippen molar-refractivity contribution < 1.29 is 33.2 Å². The largest absolute Gasteiger partial charge is 0.394 e. The standard InChI is InChI=1S/C25H22F3N7O4S/c1-10-30-32-25(35(10)13-3-4-16-19(7-13)40-11(2)29-16)24-23(38)21(22(37)18(9-36)39-24)34-8-17(31-33-34)12-5-14(26)20(28)15(27)6-12/h3-8,18,21-24,36-38H,9H2,1-2H3/t18-,21+,22+,23-,24-/m1/s1. The lowest BCUT2D eigenvalue weighted by Gasteiger charge is -2.41. The van der Waals surface area contributed by atoms with E-state index in [1.807, 2.05) is 25.1 Å². The Labute approximate surface area is 228 Å². The van der Waals surface area contributed by atoms with Crippen molar-refractivity contribution in [2.45, 2.75) is 44.3 Å². The van der Waals surface area contributed by atoms with Crippen molar-refractivity contribution in [3.63, 3.8) is 0 Å². The number of hydrogen-bond acceptors (Lipinski definition) is 10. The molecule has 3 aromatic heterocycles. The van der Waals surface area contributed by atoms with Crippen LogP contribution in [0.3, 0.4) is 0 Å². The second kappa shape index (κ2) is 10.0. The van der Waals surface area contributed by atoms with Gasteiger partial charge in [0, 0.05) is 5.56 Å². The van der Waals surface area contributed by atoms with E-state index in [9.17, 15) is 28.5 Å². The number of thiazole rings is 1. The van der Waals surface area contributed by atoms with Gasteiger partial charge >= 0.3 is 0 Å². The second-order valence-corrected chi connectivity index (χ2v) is 10.6. The predicted octanol–water partition coefficient (Wildman–Crippen LogP) is 2.56. The molecule has 3 N–H and O–H groups in total. The van der Waals surface area contributed by atoms with E-state index in [2.05, 4.69) is 25.5 Å². The number of aliphatic hydroxyl groups is 3. The van der Waals surface area contributed by atoms with Gasteiger partial charge in [-0.05, 0) is 44.2 Å². The average molecular weight is 574 g/mol. The summed E-state index contributed by atoms with van der Waals surface area (Å²) in [4.78, 5) is 4.47. The normalized spacial score (nSPS) is 23.2. The summed E-state index contributed by atoms with van der Waals surface area (Å²) in [5.41, 5.74) is 1.39. The first-order valence-corrected chi connectivity index (χ1v) is 13.0. The highest BCUT2D eigenvalue weighted by Gasteiger charge is 2.48. The van der Waals surface area contributed by atoms with Crippen molar-refractivity contribution in [2.24, 2.45) is 0 Å². The van der Waals surface area contributed by atoms with Crippen molar-refractivity contribution in [1.29, 1.82) is 0 Å². The highest BCUT2D eigenvalue weighted by molar-refractivity contribution is 7.18. The van der Waals surface area contributed by atoms with Crippen LogP contribution in [0, 0.1) is 31.3 Å². The molecule has 40 heavy (non-hydrogen) atoms. The Kier molecular flexibility index (Phi) is 6.62. The van der Waals surface area contributed by atoms with Crippen LogP contribution in [0.2, 0.25) is 0 Å². The number of aromatic nitrogens is 7. The van der Waals surface area contributed by atoms with Gasteiger partial charge in [-0.3, -0.25) is 4.57 Å². The smallest absolute Gasteiger partial charge is 0.194 e. The summed E-state index contributed by atoms with van der Waals surface area (Å²) in [5.74, 6) is -3.72. The molecule has 1 saturated heterocycles. The van der Waals surface area contributed by atoms with Gasteiger partial charge in [-0.2, -0.15) is 0 Å². The van der Waals surface area contributed by atoms with Crippen LogP contribution in [0.25, 0.3) is 27.2 Å². The van der Waals surface area contributed by atoms with Crippen LogP contribution >= 0.6 is 11.3 Å². The summed E-state index contributed by atoms with van der Waals surface area (Å²) in [6, 6.07) is 5.90. The Bertz CT molecular complexity index is 1700. The minimum Gasteiger partial charge on any atom is -0.394 e. The first kappa shape index (κ1) is 26.5. The second-order valence-electron chi connectivity index (χ2n) is 9.41. The van der Waals surface area contributed by atoms with Gasteiger partial charge in [0.05, 0.1) is 33.7 Å². The minimum absolute atomic E-state index is 0.0343. The Balaban J connectivity index is 1.39. The highest BCUT2D eigenvalue weighted by atomic mass is 32.1. The molecular formula is C25H22F3N7O4S. The number of benzene rings is 2. The Morgan fingerprint density at radius 2 is 1.75 bits per heavy atom. The first-order valence-electron chi connectivity index (χ1n) is 12.1. The zero-order valence-electron chi connectivity index (χ0n) is 21.0. The van der Waals surface area contributed by atoms with E-state index in [-0.39, 0.29) is 17.1 Å². The van der Waals surface area contributed by atoms with Gasteiger partial charge in [-0.1, -0.05) is 5.21 Å². The molecular weight excluding hydrogens is 551 g/mol. The summed E-state index contributed by atoms with van der Waals surface area (Å²) >= 11 is 1.52. The lowest BCUT2D eigenvalue weighted by atomic mass is 9.92. The van der Waals surface area contributed by atoms with Crippen LogP contribution in [0.1, 0.15) is 28.8 Å². The molecule has 5 aromatic rings. The maximum absolute atomic E-state index is 13.8. The SMILES string of the molecule is Cc1nc2ccc(-n3c(C)nnc3[C@@H]3O[C@H](CO)[C@H](O)[C@H](n4cc(-c5cc(F)c(F)c(F)c5)nn4)[C@H]3O)cc2s1. The fourth-order valence-corrected chi connectivity index (χ4v) is 5.80. The number of aliphatic hydroxyl groups excluding tert-OH is 3. The maximum atomic E-state index is 13.8. The van der Waals surface area contributed by atoms with Gasteiger partial charge in [-0.25, -0.2) is 22.8 Å². The van der Waals surface area contributed by atoms with Gasteiger partial charge in [0.2, 0.25) is 0 Å². The fourth-order valence-electron chi connectivity index (χ4n) is 4.94. The predicted molar refractivity (Wildman–Crippen MR) is 135 cm³/mol. The van der Waals surface area contributed by atoms with Gasteiger partial charge in [0.25, 0.3) is 0 Å². The molecule has 208 valence electrons. The van der Waals surface area contributed by atoms with E-state index < -0.39 is 54.5 Å². The summed E-state index contributed by atoms with van der Waals surface area (Å²) in [7, 11) is 0. The number of rotatable bonds is 5. The maximum Gasteiger partial charge on any atom is 0.194 e. The van der Waals surface area contributed by atoms with E-state index in [1.54, 1.807) is 11.5 Å². The zero-order chi connectivity index (χ0) is 28.3. The zero-order valence-corrected chi connectivity index (χ0v) is 21.8. The van der Waals surface area contributed by atoms with Gasteiger partial charge in [-0.15, -0.1) is 26.6 Å². The molecule has 0 bridgehead atoms. The monoisotopic (exact) mass is 573 g/mol. The number of halogens is 3. The van der Waals surface area contributed by atoms with Gasteiger partial charge in [0.1, 0.15) is 42.0 Å². The van der Waals surface area contributed by atoms with Crippen LogP contribution in [-0.4, -0.2) is 75.0 Å². The lowest BCUT2D eigenvalue weighted by molar-refractivity contribution is -0.210. The van der Waals surface area contributed by atoms with Crippen LogP contribution in [-0.2, 0) is 4.74 Å². The molecule has 0 radical (unpaired) electrons. The summed E-state index contributed by atoms with van der Waals surface area (Å²) in [6.07, 6.45) is -4.04. The Morgan fingerprint density at radius 3 is 2.48 bits per heavy atom. The molecule has 1 aliphatic rings. The van der Waals surface area contributed by atoms with Crippen molar-refractivity contribution in [2.75, 3.05) is 6.61 Å². The van der Waals surface area contributed by atoms with Crippen molar-refractivity contribution in [3.05, 3.63) is 70.6 Å². The Hall–Kier alpha value is -3.76. The molecule has 15 heteroatoms. The number of hydrogen-bond donors (Lipinski definition) is 3. The molecule has 6 rings (SSSR count). The van der Waals surface area contributed by atoms with Crippen LogP contribution < -0.4 is 0 Å². The van der Waals surface area contributed by atoms with E-state index >= 15 is 0 Å². The Morgan fingerprint density at radius 1 is 1.00 bits per heavy atom. The van der Waals surface area contributed by atoms with Crippen molar-refractivity contribution in [1.82, 2.24) is 34.7 Å². The number of nitrogens with zero attached hydrogens (tertiary/aromatic N) is 7. The van der Waals surface area contributed by atoms with E-state index in [4.69, 9.17) is 4.74 Å². The number of aryl methyl sites for hydroxylation is 2. The van der Waals surface area contributed by atoms with Gasteiger partial charge < -0.3 is 20.1 Å². The van der Waals surface area contributed by atoms with Crippen molar-refractivity contribution in [3.8, 4) is 16.9 Å². The first-order chi connectivity index (χ1) is 19.2. The minimum atomic E-state index is -1.62. The molecule has 5 atom stereocenters. The van der Waals surface area contributed by atoms with Crippen LogP contribution in [0.4, 0.5) is 13.2 Å². The third-order valence-corrected chi connectivity index (χ3v) is 7.76. The highest BCUT2D eigenvalue weighted by Crippen LogP contribution is 2.39. The molecule has 0 unspecified atom stereocenters. The van der Waals surface area contributed by atoms with Crippen LogP contribution in [0.5, 0.6) is 0 Å². The molecule has 0 aliphatic carbocycles. The summed E-state index contributed by atoms with van der Waals surface area (Å²) in [5, 5.41) is 49.6. The molecule has 1 aliphatic heterocycles. The molecule has 1 fully saturated rings. The number of fused-ring (bicyclic) bond motifs is 1. The van der Waals surface area contributed by atoms with Crippen LogP contribution in [0.15, 0.2) is 36.5 Å². The van der Waals surface area contributed by atoms with E-state index in [0.29, 0.717) is 11.5 Å². The lowest BCUT2D eigenvalue weighted by Crippen LogP contribution is -2.53. The van der Waals surface area contributed by atoms with E-state index in [0.717, 1.165) is 32.0 Å². The van der Waals surface area contributed by atoms with Crippen molar-refractivity contribution >= 4 is 21.6 Å². The molecule has 11 nitrogen and oxygen atoms in total. The topological polar surface area (TPSA) is 144 Å². The average Bonchev–Trinajstić information content (AvgIpc) is 3.65. The summed E-state index contributed by atoms with van der Waals surface area (Å²) in [6.45, 7) is 3.04. The van der Waals surface area contributed by atoms with Gasteiger partial charge in [0.15, 0.2) is 23.3 Å². The molecule has 0 amide bonds. The third kappa shape index (κ3) is 4.35. The molecule has 2 aromatic carbocycles. The molecule has 4 heterocycles. The summed E-state index contributed by atoms with van der Waals surface area (Å²) < 4.78 is 50.7. The van der Waals surface area contributed by atoms with E-state index in [1.165, 1.54) is 17.5 Å². The third-order valence-electron chi connectivity index (χ3n) is 6.83.